The molecule has 3 heteroatoms. The predicted octanol–water partition coefficient (Wildman–Crippen LogP) is 2.04. The van der Waals surface area contributed by atoms with Crippen LogP contribution in [-0.4, -0.2) is 43.9 Å². The quantitative estimate of drug-likeness (QED) is 0.582. The molecule has 1 aromatic carbocycles. The Morgan fingerprint density at radius 2 is 1.71 bits per heavy atom. The summed E-state index contributed by atoms with van der Waals surface area (Å²) < 4.78 is 6.64. The zero-order valence-electron chi connectivity index (χ0n) is 11.1. The minimum absolute atomic E-state index is 0.0871. The predicted molar refractivity (Wildman–Crippen MR) is 70.0 cm³/mol. The van der Waals surface area contributed by atoms with Gasteiger partial charge in [-0.3, -0.25) is 0 Å². The first-order valence-corrected chi connectivity index (χ1v) is 6.14. The molecule has 0 radical (unpaired) electrons. The highest BCUT2D eigenvalue weighted by molar-refractivity contribution is 5.26. The van der Waals surface area contributed by atoms with E-state index in [1.807, 2.05) is 24.3 Å². The molecule has 1 rings (SSSR count). The van der Waals surface area contributed by atoms with Gasteiger partial charge < -0.3 is 14.3 Å². The Kier molecular flexibility index (Phi) is 5.45. The van der Waals surface area contributed by atoms with Crippen LogP contribution in [0.3, 0.4) is 0 Å². The van der Waals surface area contributed by atoms with Crippen molar-refractivity contribution in [2.24, 2.45) is 0 Å². The highest BCUT2D eigenvalue weighted by Crippen LogP contribution is 2.12. The third kappa shape index (κ3) is 6.29. The molecule has 0 unspecified atom stereocenters. The van der Waals surface area contributed by atoms with Gasteiger partial charge in [0, 0.05) is 0 Å². The Bertz CT molecular complexity index is 314. The van der Waals surface area contributed by atoms with Crippen molar-refractivity contribution < 1.29 is 14.3 Å². The van der Waals surface area contributed by atoms with E-state index in [0.29, 0.717) is 0 Å². The lowest BCUT2D eigenvalue weighted by Crippen LogP contribution is -2.35. The van der Waals surface area contributed by atoms with Gasteiger partial charge in [-0.25, -0.2) is 0 Å². The van der Waals surface area contributed by atoms with Crippen LogP contribution in [-0.2, 0) is 6.61 Å². The SMILES string of the molecule is C[N+](C)(C)CCCCOc1ccc(CO)cc1. The summed E-state index contributed by atoms with van der Waals surface area (Å²) in [7, 11) is 6.61. The Balaban J connectivity index is 2.18. The number of aliphatic hydroxyl groups is 1. The summed E-state index contributed by atoms with van der Waals surface area (Å²) >= 11 is 0. The van der Waals surface area contributed by atoms with E-state index in [-0.39, 0.29) is 6.61 Å². The van der Waals surface area contributed by atoms with Crippen LogP contribution >= 0.6 is 0 Å². The van der Waals surface area contributed by atoms with Crippen molar-refractivity contribution in [3.63, 3.8) is 0 Å². The summed E-state index contributed by atoms with van der Waals surface area (Å²) in [6.45, 7) is 2.02. The number of hydrogen-bond donors (Lipinski definition) is 1. The summed E-state index contributed by atoms with van der Waals surface area (Å²) in [5.41, 5.74) is 0.919. The molecule has 1 N–H and O–H groups in total. The van der Waals surface area contributed by atoms with Crippen LogP contribution in [0, 0.1) is 0 Å². The molecule has 0 saturated carbocycles. The maximum Gasteiger partial charge on any atom is 0.119 e. The summed E-state index contributed by atoms with van der Waals surface area (Å²) in [5, 5.41) is 8.91. The molecule has 0 aliphatic carbocycles. The topological polar surface area (TPSA) is 29.5 Å². The lowest BCUT2D eigenvalue weighted by Gasteiger charge is -2.23. The van der Waals surface area contributed by atoms with Gasteiger partial charge in [-0.2, -0.15) is 0 Å². The van der Waals surface area contributed by atoms with E-state index in [0.717, 1.165) is 28.8 Å². The van der Waals surface area contributed by atoms with Gasteiger partial charge in [-0.05, 0) is 30.5 Å². The van der Waals surface area contributed by atoms with Gasteiger partial charge >= 0.3 is 0 Å². The number of unbranched alkanes of at least 4 members (excludes halogenated alkanes) is 1. The minimum atomic E-state index is 0.0871. The van der Waals surface area contributed by atoms with Crippen LogP contribution in [0.15, 0.2) is 24.3 Å². The molecule has 0 bridgehead atoms. The molecule has 0 heterocycles. The molecule has 0 atom stereocenters. The van der Waals surface area contributed by atoms with Gasteiger partial charge in [0.1, 0.15) is 5.75 Å². The van der Waals surface area contributed by atoms with Crippen LogP contribution in [0.1, 0.15) is 18.4 Å². The second-order valence-corrected chi connectivity index (χ2v) is 5.37. The zero-order chi connectivity index (χ0) is 12.7. The van der Waals surface area contributed by atoms with Gasteiger partial charge in [-0.1, -0.05) is 12.1 Å². The number of ether oxygens (including phenoxy) is 1. The molecular weight excluding hydrogens is 214 g/mol. The normalized spacial score (nSPS) is 11.5. The largest absolute Gasteiger partial charge is 0.494 e. The second kappa shape index (κ2) is 6.62. The van der Waals surface area contributed by atoms with E-state index in [1.54, 1.807) is 0 Å². The maximum absolute atomic E-state index is 8.91. The van der Waals surface area contributed by atoms with Crippen LogP contribution in [0.2, 0.25) is 0 Å². The average Bonchev–Trinajstić information content (AvgIpc) is 2.28. The van der Waals surface area contributed by atoms with Gasteiger partial charge in [-0.15, -0.1) is 0 Å². The number of rotatable bonds is 7. The third-order valence-corrected chi connectivity index (χ3v) is 2.60. The fourth-order valence-electron chi connectivity index (χ4n) is 1.57. The van der Waals surface area contributed by atoms with Gasteiger partial charge in [0.2, 0.25) is 0 Å². The molecule has 96 valence electrons. The van der Waals surface area contributed by atoms with Crippen molar-refractivity contribution in [1.82, 2.24) is 0 Å². The van der Waals surface area contributed by atoms with Crippen LogP contribution < -0.4 is 4.74 Å². The number of hydrogen-bond acceptors (Lipinski definition) is 2. The van der Waals surface area contributed by atoms with E-state index in [9.17, 15) is 0 Å². The van der Waals surface area contributed by atoms with Crippen molar-refractivity contribution in [2.75, 3.05) is 34.3 Å². The number of quaternary nitrogens is 1. The van der Waals surface area contributed by atoms with Crippen molar-refractivity contribution in [1.29, 1.82) is 0 Å². The van der Waals surface area contributed by atoms with Crippen LogP contribution in [0.5, 0.6) is 5.75 Å². The Morgan fingerprint density at radius 1 is 1.06 bits per heavy atom. The molecule has 0 aliphatic heterocycles. The van der Waals surface area contributed by atoms with Crippen molar-refractivity contribution >= 4 is 0 Å². The van der Waals surface area contributed by atoms with E-state index < -0.39 is 0 Å². The second-order valence-electron chi connectivity index (χ2n) is 5.37. The summed E-state index contributed by atoms with van der Waals surface area (Å²) in [6.07, 6.45) is 2.26. The molecule has 0 fully saturated rings. The Morgan fingerprint density at radius 3 is 2.24 bits per heavy atom. The number of aliphatic hydroxyl groups excluding tert-OH is 1. The number of nitrogens with zero attached hydrogens (tertiary/aromatic N) is 1. The zero-order valence-corrected chi connectivity index (χ0v) is 11.1. The average molecular weight is 238 g/mol. The lowest BCUT2D eigenvalue weighted by atomic mass is 10.2. The van der Waals surface area contributed by atoms with Crippen molar-refractivity contribution in [3.05, 3.63) is 29.8 Å². The molecular formula is C14H24NO2+. The molecule has 0 amide bonds. The molecule has 1 aromatic rings. The molecule has 0 aliphatic rings. The molecule has 17 heavy (non-hydrogen) atoms. The fraction of sp³-hybridized carbons (Fsp3) is 0.571. The monoisotopic (exact) mass is 238 g/mol. The Hall–Kier alpha value is -1.06. The van der Waals surface area contributed by atoms with Crippen LogP contribution in [0.4, 0.5) is 0 Å². The van der Waals surface area contributed by atoms with Gasteiger partial charge in [0.25, 0.3) is 0 Å². The first kappa shape index (κ1) is 14.0. The standard InChI is InChI=1S/C14H24NO2/c1-15(2,3)10-4-5-11-17-14-8-6-13(12-16)7-9-14/h6-9,16H,4-5,10-12H2,1-3H3/q+1. The first-order valence-electron chi connectivity index (χ1n) is 6.14. The Labute approximate surface area is 104 Å². The highest BCUT2D eigenvalue weighted by Gasteiger charge is 2.05. The lowest BCUT2D eigenvalue weighted by molar-refractivity contribution is -0.870. The van der Waals surface area contributed by atoms with Crippen LogP contribution in [0.25, 0.3) is 0 Å². The molecule has 3 nitrogen and oxygen atoms in total. The van der Waals surface area contributed by atoms with E-state index in [4.69, 9.17) is 9.84 Å². The molecule has 0 spiro atoms. The minimum Gasteiger partial charge on any atom is -0.494 e. The summed E-state index contributed by atoms with van der Waals surface area (Å²) in [4.78, 5) is 0. The highest BCUT2D eigenvalue weighted by atomic mass is 16.5. The maximum atomic E-state index is 8.91. The van der Waals surface area contributed by atoms with E-state index >= 15 is 0 Å². The van der Waals surface area contributed by atoms with Gasteiger partial charge in [0.15, 0.2) is 0 Å². The van der Waals surface area contributed by atoms with Crippen molar-refractivity contribution in [3.8, 4) is 5.75 Å². The van der Waals surface area contributed by atoms with Crippen molar-refractivity contribution in [2.45, 2.75) is 19.4 Å². The summed E-state index contributed by atoms with van der Waals surface area (Å²) in [6, 6.07) is 7.60. The van der Waals surface area contributed by atoms with E-state index in [1.165, 1.54) is 13.0 Å². The third-order valence-electron chi connectivity index (χ3n) is 2.60. The van der Waals surface area contributed by atoms with Gasteiger partial charge in [0.05, 0.1) is 40.9 Å². The molecule has 0 aromatic heterocycles. The fourth-order valence-corrected chi connectivity index (χ4v) is 1.57. The number of benzene rings is 1. The van der Waals surface area contributed by atoms with E-state index in [2.05, 4.69) is 21.1 Å². The molecule has 0 saturated heterocycles. The smallest absolute Gasteiger partial charge is 0.119 e. The first-order chi connectivity index (χ1) is 8.01. The summed E-state index contributed by atoms with van der Waals surface area (Å²) in [5.74, 6) is 0.882.